The molecule has 0 bridgehead atoms. The van der Waals surface area contributed by atoms with Gasteiger partial charge in [0.05, 0.1) is 21.8 Å². The topological polar surface area (TPSA) is 79.0 Å². The number of aromatic nitrogens is 2. The third kappa shape index (κ3) is 4.24. The molecular formula is C20H20Cl2N4O2. The maximum absolute atomic E-state index is 12.6. The van der Waals surface area contributed by atoms with Gasteiger partial charge in [-0.1, -0.05) is 35.7 Å². The molecule has 2 aromatic carbocycles. The van der Waals surface area contributed by atoms with E-state index in [9.17, 15) is 4.79 Å². The molecule has 0 saturated carbocycles. The first-order valence-electron chi connectivity index (χ1n) is 9.19. The Hall–Kier alpha value is -2.28. The van der Waals surface area contributed by atoms with Crippen molar-refractivity contribution < 1.29 is 9.53 Å². The van der Waals surface area contributed by atoms with E-state index in [4.69, 9.17) is 27.9 Å². The Bertz CT molecular complexity index is 985. The maximum atomic E-state index is 12.6. The van der Waals surface area contributed by atoms with Crippen molar-refractivity contribution in [3.8, 4) is 0 Å². The zero-order valence-corrected chi connectivity index (χ0v) is 16.6. The van der Waals surface area contributed by atoms with Crippen LogP contribution in [0.3, 0.4) is 0 Å². The summed E-state index contributed by atoms with van der Waals surface area (Å²) in [7, 11) is 0. The summed E-state index contributed by atoms with van der Waals surface area (Å²) in [5.41, 5.74) is 2.36. The second kappa shape index (κ2) is 8.39. The van der Waals surface area contributed by atoms with Crippen LogP contribution in [0, 0.1) is 0 Å². The van der Waals surface area contributed by atoms with Crippen molar-refractivity contribution in [3.05, 3.63) is 58.2 Å². The summed E-state index contributed by atoms with van der Waals surface area (Å²) in [5.74, 6) is 0. The van der Waals surface area contributed by atoms with Crippen molar-refractivity contribution >= 4 is 45.9 Å². The van der Waals surface area contributed by atoms with Crippen LogP contribution in [0.2, 0.25) is 10.0 Å². The highest BCUT2D eigenvalue weighted by molar-refractivity contribution is 6.42. The maximum Gasteiger partial charge on any atom is 0.412 e. The second-order valence-electron chi connectivity index (χ2n) is 6.85. The molecule has 8 heteroatoms. The van der Waals surface area contributed by atoms with E-state index in [0.717, 1.165) is 42.3 Å². The normalized spacial score (nSPS) is 18.0. The molecular weight excluding hydrogens is 399 g/mol. The summed E-state index contributed by atoms with van der Waals surface area (Å²) < 4.78 is 5.83. The highest BCUT2D eigenvalue weighted by Crippen LogP contribution is 2.32. The molecule has 1 aromatic heterocycles. The van der Waals surface area contributed by atoms with Crippen molar-refractivity contribution in [2.45, 2.75) is 31.4 Å². The number of benzene rings is 2. The van der Waals surface area contributed by atoms with E-state index in [1.807, 2.05) is 18.2 Å². The molecule has 2 atom stereocenters. The average Bonchev–Trinajstić information content (AvgIpc) is 3.17. The summed E-state index contributed by atoms with van der Waals surface area (Å²) in [4.78, 5) is 12.6. The van der Waals surface area contributed by atoms with E-state index in [0.29, 0.717) is 15.7 Å². The number of ether oxygens (including phenoxy) is 1. The number of aromatic amines is 1. The molecule has 3 N–H and O–H groups in total. The lowest BCUT2D eigenvalue weighted by Crippen LogP contribution is -2.41. The fraction of sp³-hybridized carbons (Fsp3) is 0.300. The van der Waals surface area contributed by atoms with Gasteiger partial charge >= 0.3 is 6.09 Å². The Kier molecular flexibility index (Phi) is 5.71. The van der Waals surface area contributed by atoms with Crippen LogP contribution in [-0.4, -0.2) is 28.9 Å². The first-order valence-corrected chi connectivity index (χ1v) is 9.95. The van der Waals surface area contributed by atoms with Gasteiger partial charge in [-0.25, -0.2) is 4.79 Å². The van der Waals surface area contributed by atoms with E-state index < -0.39 is 12.2 Å². The van der Waals surface area contributed by atoms with Crippen molar-refractivity contribution in [3.63, 3.8) is 0 Å². The minimum atomic E-state index is -0.522. The van der Waals surface area contributed by atoms with Gasteiger partial charge in [-0.05, 0) is 55.3 Å². The standard InChI is InChI=1S/C20H20Cl2N4O2/c21-15-6-4-12(10-16(15)22)19(18-3-1-2-8-23-18)28-20(27)25-14-5-7-17-13(9-14)11-24-26-17/h4-7,9-11,18-19,23H,1-3,8H2,(H,24,26)(H,25,27)/t18-,19-/m1/s1. The van der Waals surface area contributed by atoms with E-state index in [1.165, 1.54) is 0 Å². The van der Waals surface area contributed by atoms with Crippen molar-refractivity contribution in [2.24, 2.45) is 0 Å². The Morgan fingerprint density at radius 2 is 2.07 bits per heavy atom. The SMILES string of the molecule is O=C(Nc1ccc2[nH]ncc2c1)O[C@H](c1ccc(Cl)c(Cl)c1)[C@H]1CCCCN1. The van der Waals surface area contributed by atoms with Gasteiger partial charge in [0.15, 0.2) is 0 Å². The van der Waals surface area contributed by atoms with Crippen molar-refractivity contribution in [1.29, 1.82) is 0 Å². The molecule has 0 radical (unpaired) electrons. The number of hydrogen-bond donors (Lipinski definition) is 3. The predicted molar refractivity (Wildman–Crippen MR) is 111 cm³/mol. The average molecular weight is 419 g/mol. The molecule has 1 fully saturated rings. The summed E-state index contributed by atoms with van der Waals surface area (Å²) >= 11 is 12.2. The highest BCUT2D eigenvalue weighted by atomic mass is 35.5. The fourth-order valence-electron chi connectivity index (χ4n) is 3.49. The van der Waals surface area contributed by atoms with Crippen LogP contribution < -0.4 is 10.6 Å². The highest BCUT2D eigenvalue weighted by Gasteiger charge is 2.29. The molecule has 0 unspecified atom stereocenters. The van der Waals surface area contributed by atoms with Gasteiger partial charge in [0.2, 0.25) is 0 Å². The third-order valence-electron chi connectivity index (χ3n) is 4.91. The van der Waals surface area contributed by atoms with Gasteiger partial charge in [0.1, 0.15) is 6.10 Å². The molecule has 3 aromatic rings. The molecule has 2 heterocycles. The van der Waals surface area contributed by atoms with Crippen molar-refractivity contribution in [1.82, 2.24) is 15.5 Å². The van der Waals surface area contributed by atoms with Crippen LogP contribution in [0.25, 0.3) is 10.9 Å². The molecule has 0 spiro atoms. The summed E-state index contributed by atoms with van der Waals surface area (Å²) in [6.45, 7) is 0.893. The summed E-state index contributed by atoms with van der Waals surface area (Å²) in [5, 5.41) is 14.9. The van der Waals surface area contributed by atoms with Crippen LogP contribution in [-0.2, 0) is 4.74 Å². The number of nitrogens with one attached hydrogen (secondary N) is 3. The van der Waals surface area contributed by atoms with Crippen LogP contribution in [0.5, 0.6) is 0 Å². The number of hydrogen-bond acceptors (Lipinski definition) is 4. The molecule has 28 heavy (non-hydrogen) atoms. The number of nitrogens with zero attached hydrogens (tertiary/aromatic N) is 1. The zero-order valence-electron chi connectivity index (χ0n) is 15.0. The zero-order chi connectivity index (χ0) is 19.5. The van der Waals surface area contributed by atoms with Crippen LogP contribution >= 0.6 is 23.2 Å². The number of carbonyl (C=O) groups is 1. The lowest BCUT2D eigenvalue weighted by Gasteiger charge is -2.31. The van der Waals surface area contributed by atoms with Gasteiger partial charge in [-0.2, -0.15) is 5.10 Å². The number of carbonyl (C=O) groups excluding carboxylic acids is 1. The number of halogens is 2. The molecule has 0 aliphatic carbocycles. The van der Waals surface area contributed by atoms with Crippen LogP contribution in [0.4, 0.5) is 10.5 Å². The smallest absolute Gasteiger partial charge is 0.412 e. The summed E-state index contributed by atoms with van der Waals surface area (Å²) in [6.07, 6.45) is 3.83. The number of piperidine rings is 1. The van der Waals surface area contributed by atoms with Gasteiger partial charge in [-0.3, -0.25) is 10.4 Å². The van der Waals surface area contributed by atoms with E-state index in [1.54, 1.807) is 24.4 Å². The molecule has 1 amide bonds. The second-order valence-corrected chi connectivity index (χ2v) is 7.67. The summed E-state index contributed by atoms with van der Waals surface area (Å²) in [6, 6.07) is 10.9. The number of amides is 1. The number of fused-ring (bicyclic) bond motifs is 1. The minimum Gasteiger partial charge on any atom is -0.439 e. The van der Waals surface area contributed by atoms with E-state index >= 15 is 0 Å². The monoisotopic (exact) mass is 418 g/mol. The molecule has 1 saturated heterocycles. The first kappa shape index (κ1) is 19.1. The number of H-pyrrole nitrogens is 1. The minimum absolute atomic E-state index is 0.0214. The van der Waals surface area contributed by atoms with Crippen molar-refractivity contribution in [2.75, 3.05) is 11.9 Å². The Morgan fingerprint density at radius 3 is 2.86 bits per heavy atom. The quantitative estimate of drug-likeness (QED) is 0.536. The number of rotatable bonds is 4. The van der Waals surface area contributed by atoms with Gasteiger partial charge in [0.25, 0.3) is 0 Å². The molecule has 1 aliphatic heterocycles. The van der Waals surface area contributed by atoms with Gasteiger partial charge in [-0.15, -0.1) is 0 Å². The Balaban J connectivity index is 1.53. The molecule has 6 nitrogen and oxygen atoms in total. The Labute approximate surface area is 172 Å². The first-order chi connectivity index (χ1) is 13.6. The molecule has 146 valence electrons. The lowest BCUT2D eigenvalue weighted by atomic mass is 9.95. The number of anilines is 1. The molecule has 1 aliphatic rings. The van der Waals surface area contributed by atoms with E-state index in [-0.39, 0.29) is 6.04 Å². The lowest BCUT2D eigenvalue weighted by molar-refractivity contribution is 0.0763. The predicted octanol–water partition coefficient (Wildman–Crippen LogP) is 5.30. The Morgan fingerprint density at radius 1 is 1.18 bits per heavy atom. The van der Waals surface area contributed by atoms with Gasteiger partial charge < -0.3 is 10.1 Å². The largest absolute Gasteiger partial charge is 0.439 e. The van der Waals surface area contributed by atoms with E-state index in [2.05, 4.69) is 20.8 Å². The van der Waals surface area contributed by atoms with Gasteiger partial charge in [0, 0.05) is 17.1 Å². The van der Waals surface area contributed by atoms with Crippen LogP contribution in [0.1, 0.15) is 30.9 Å². The molecule has 4 rings (SSSR count). The third-order valence-corrected chi connectivity index (χ3v) is 5.65. The van der Waals surface area contributed by atoms with Crippen LogP contribution in [0.15, 0.2) is 42.6 Å². The fourth-order valence-corrected chi connectivity index (χ4v) is 3.80.